The lowest BCUT2D eigenvalue weighted by Crippen LogP contribution is -2.54. The van der Waals surface area contributed by atoms with Crippen LogP contribution in [0.3, 0.4) is 0 Å². The molecule has 11 rings (SSSR count). The number of rotatable bonds is 6. The second kappa shape index (κ2) is 14.1. The third-order valence-corrected chi connectivity index (χ3v) is 12.5. The van der Waals surface area contributed by atoms with Gasteiger partial charge in [0.25, 0.3) is 0 Å². The Hall–Kier alpha value is -6.24. The van der Waals surface area contributed by atoms with Crippen LogP contribution in [-0.2, 0) is 6.42 Å². The molecule has 5 heteroatoms. The van der Waals surface area contributed by atoms with Crippen LogP contribution in [0.4, 0.5) is 0 Å². The van der Waals surface area contributed by atoms with E-state index in [0.29, 0.717) is 12.0 Å². The second-order valence-electron chi connectivity index (χ2n) is 15.9. The minimum atomic E-state index is -0.0751. The van der Waals surface area contributed by atoms with Crippen LogP contribution in [0.1, 0.15) is 70.9 Å². The largest absolute Gasteiger partial charge is 0.333 e. The van der Waals surface area contributed by atoms with Gasteiger partial charge in [-0.25, -0.2) is 0 Å². The Labute approximate surface area is 333 Å². The van der Waals surface area contributed by atoms with E-state index in [1.54, 1.807) is 0 Å². The van der Waals surface area contributed by atoms with Crippen LogP contribution in [0.5, 0.6) is 0 Å². The molecule has 0 bridgehead atoms. The van der Waals surface area contributed by atoms with Crippen LogP contribution in [0.15, 0.2) is 182 Å². The molecular formula is C52H45N5. The minimum absolute atomic E-state index is 0.0214. The Bertz CT molecular complexity index is 2810. The van der Waals surface area contributed by atoms with Crippen LogP contribution >= 0.6 is 0 Å². The fourth-order valence-electron chi connectivity index (χ4n) is 9.67. The summed E-state index contributed by atoms with van der Waals surface area (Å²) in [6.07, 6.45) is 14.7. The molecule has 1 fully saturated rings. The quantitative estimate of drug-likeness (QED) is 0.159. The molecule has 57 heavy (non-hydrogen) atoms. The van der Waals surface area contributed by atoms with Gasteiger partial charge >= 0.3 is 0 Å². The highest BCUT2D eigenvalue weighted by atomic mass is 15.4. The van der Waals surface area contributed by atoms with E-state index >= 15 is 0 Å². The first-order valence-electron chi connectivity index (χ1n) is 20.3. The van der Waals surface area contributed by atoms with Crippen molar-refractivity contribution in [1.29, 1.82) is 0 Å². The molecule has 3 N–H and O–H groups in total. The van der Waals surface area contributed by atoms with Crippen molar-refractivity contribution in [1.82, 2.24) is 25.1 Å². The van der Waals surface area contributed by atoms with E-state index in [1.165, 1.54) is 66.2 Å². The number of nitrogens with zero attached hydrogens (tertiary/aromatic N) is 2. The molecule has 0 amide bonds. The molecule has 0 radical (unpaired) electrons. The zero-order valence-corrected chi connectivity index (χ0v) is 32.0. The van der Waals surface area contributed by atoms with Crippen molar-refractivity contribution in [3.05, 3.63) is 216 Å². The standard InChI is InChI=1S/C52H45N5/c1-34-15-8-11-24-45(34)57-47-26-13-10-23-42(47)44-33-38(28-30-49(44)57)37-27-29-48-43(32-37)41-22-9-12-25-46(41)56(48)40-21-14-20-39(31-40)52-54-50(35-16-4-2-5-17-35)53-51(55-52)36-18-6-3-7-19-36/h2-31,33-34,37,45,50-55H,32H2,1H3. The molecule has 5 unspecified atom stereocenters. The molecule has 2 aliphatic carbocycles. The Balaban J connectivity index is 0.956. The van der Waals surface area contributed by atoms with Gasteiger partial charge in [-0.05, 0) is 82.6 Å². The summed E-state index contributed by atoms with van der Waals surface area (Å²) in [4.78, 5) is 0. The molecule has 3 heterocycles. The Kier molecular flexibility index (Phi) is 8.39. The van der Waals surface area contributed by atoms with Crippen molar-refractivity contribution >= 4 is 38.8 Å². The van der Waals surface area contributed by atoms with Crippen LogP contribution in [0.2, 0.25) is 0 Å². The van der Waals surface area contributed by atoms with Gasteiger partial charge in [0.1, 0.15) is 0 Å². The van der Waals surface area contributed by atoms with Crippen molar-refractivity contribution in [2.75, 3.05) is 0 Å². The summed E-state index contributed by atoms with van der Waals surface area (Å²) in [6, 6.07) is 55.7. The molecule has 1 aliphatic heterocycles. The van der Waals surface area contributed by atoms with Crippen molar-refractivity contribution in [3.8, 4) is 5.69 Å². The lowest BCUT2D eigenvalue weighted by molar-refractivity contribution is 0.203. The zero-order chi connectivity index (χ0) is 37.9. The summed E-state index contributed by atoms with van der Waals surface area (Å²) in [5.74, 6) is 0.704. The van der Waals surface area contributed by atoms with Gasteiger partial charge in [0.15, 0.2) is 0 Å². The highest BCUT2D eigenvalue weighted by molar-refractivity contribution is 6.08. The zero-order valence-electron chi connectivity index (χ0n) is 32.0. The number of hydrogen-bond donors (Lipinski definition) is 3. The molecule has 8 aromatic rings. The minimum Gasteiger partial charge on any atom is -0.333 e. The fourth-order valence-corrected chi connectivity index (χ4v) is 9.67. The first-order valence-corrected chi connectivity index (χ1v) is 20.3. The van der Waals surface area contributed by atoms with Gasteiger partial charge in [-0.1, -0.05) is 153 Å². The highest BCUT2D eigenvalue weighted by Crippen LogP contribution is 2.42. The predicted octanol–water partition coefficient (Wildman–Crippen LogP) is 11.6. The van der Waals surface area contributed by atoms with Crippen molar-refractivity contribution < 1.29 is 0 Å². The lowest BCUT2D eigenvalue weighted by atomic mass is 9.86. The molecular weight excluding hydrogens is 695 g/mol. The van der Waals surface area contributed by atoms with Gasteiger partial charge in [0, 0.05) is 44.5 Å². The van der Waals surface area contributed by atoms with Crippen molar-refractivity contribution in [3.63, 3.8) is 0 Å². The second-order valence-corrected chi connectivity index (χ2v) is 15.9. The SMILES string of the molecule is CC1C=CC=CC1n1c2ccccc2c2cc(C3C=Cc4c(c5ccccc5n4-c4cccc(C5NC(c6ccccc6)NC(c6ccccc6)N5)c4)C3)ccc21. The van der Waals surface area contributed by atoms with Crippen molar-refractivity contribution in [2.45, 2.75) is 43.8 Å². The van der Waals surface area contributed by atoms with Crippen LogP contribution in [0, 0.1) is 5.92 Å². The van der Waals surface area contributed by atoms with E-state index in [9.17, 15) is 0 Å². The van der Waals surface area contributed by atoms with E-state index in [4.69, 9.17) is 0 Å². The molecule has 5 nitrogen and oxygen atoms in total. The Morgan fingerprint density at radius 3 is 1.84 bits per heavy atom. The summed E-state index contributed by atoms with van der Waals surface area (Å²) in [5, 5.41) is 15.5. The van der Waals surface area contributed by atoms with Crippen LogP contribution in [0.25, 0.3) is 44.5 Å². The highest BCUT2D eigenvalue weighted by Gasteiger charge is 2.31. The molecule has 0 saturated carbocycles. The van der Waals surface area contributed by atoms with E-state index in [1.807, 2.05) is 0 Å². The van der Waals surface area contributed by atoms with E-state index in [2.05, 4.69) is 220 Å². The van der Waals surface area contributed by atoms with Gasteiger partial charge in [-0.15, -0.1) is 0 Å². The number of aromatic nitrogens is 2. The lowest BCUT2D eigenvalue weighted by Gasteiger charge is -2.39. The van der Waals surface area contributed by atoms with E-state index in [0.717, 1.165) is 12.1 Å². The van der Waals surface area contributed by atoms with Gasteiger partial charge in [0.2, 0.25) is 0 Å². The van der Waals surface area contributed by atoms with E-state index in [-0.39, 0.29) is 24.4 Å². The first kappa shape index (κ1) is 34.0. The number of nitrogens with one attached hydrogen (secondary N) is 3. The third-order valence-electron chi connectivity index (χ3n) is 12.5. The molecule has 6 aromatic carbocycles. The summed E-state index contributed by atoms with van der Waals surface area (Å²) in [5.41, 5.74) is 12.7. The maximum atomic E-state index is 3.87. The maximum Gasteiger partial charge on any atom is 0.0865 e. The smallest absolute Gasteiger partial charge is 0.0865 e. The van der Waals surface area contributed by atoms with Gasteiger partial charge in [-0.3, -0.25) is 16.0 Å². The van der Waals surface area contributed by atoms with Crippen LogP contribution < -0.4 is 16.0 Å². The average Bonchev–Trinajstić information content (AvgIpc) is 3.79. The van der Waals surface area contributed by atoms with Gasteiger partial charge in [-0.2, -0.15) is 0 Å². The van der Waals surface area contributed by atoms with Crippen LogP contribution in [-0.4, -0.2) is 9.13 Å². The molecule has 3 aliphatic rings. The number of hydrogen-bond acceptors (Lipinski definition) is 3. The van der Waals surface area contributed by atoms with Gasteiger partial charge in [0.05, 0.1) is 30.1 Å². The number of fused-ring (bicyclic) bond motifs is 6. The maximum absolute atomic E-state index is 3.87. The van der Waals surface area contributed by atoms with E-state index < -0.39 is 0 Å². The molecule has 0 spiro atoms. The molecule has 5 atom stereocenters. The summed E-state index contributed by atoms with van der Waals surface area (Å²) >= 11 is 0. The van der Waals surface area contributed by atoms with Crippen molar-refractivity contribution in [2.24, 2.45) is 5.92 Å². The first-order chi connectivity index (χ1) is 28.2. The third kappa shape index (κ3) is 5.89. The normalized spacial score (nSPS) is 23.0. The van der Waals surface area contributed by atoms with Gasteiger partial charge < -0.3 is 9.13 Å². The molecule has 2 aromatic heterocycles. The fraction of sp³-hybridized carbons (Fsp3) is 0.154. The molecule has 1 saturated heterocycles. The average molecular weight is 740 g/mol. The number of allylic oxidation sites excluding steroid dienone is 5. The summed E-state index contributed by atoms with van der Waals surface area (Å²) in [6.45, 7) is 2.32. The number of benzene rings is 6. The predicted molar refractivity (Wildman–Crippen MR) is 235 cm³/mol. The monoisotopic (exact) mass is 739 g/mol. The molecule has 278 valence electrons. The number of para-hydroxylation sites is 2. The summed E-state index contributed by atoms with van der Waals surface area (Å²) in [7, 11) is 0. The summed E-state index contributed by atoms with van der Waals surface area (Å²) < 4.78 is 5.02. The Morgan fingerprint density at radius 2 is 1.11 bits per heavy atom. The Morgan fingerprint density at radius 1 is 0.491 bits per heavy atom. The topological polar surface area (TPSA) is 46.0 Å².